The van der Waals surface area contributed by atoms with Crippen molar-refractivity contribution in [2.75, 3.05) is 12.9 Å². The van der Waals surface area contributed by atoms with Crippen molar-refractivity contribution in [1.82, 2.24) is 9.97 Å². The van der Waals surface area contributed by atoms with Gasteiger partial charge in [-0.1, -0.05) is 18.3 Å². The van der Waals surface area contributed by atoms with E-state index in [4.69, 9.17) is 4.74 Å². The second-order valence-electron chi connectivity index (χ2n) is 3.76. The highest BCUT2D eigenvalue weighted by molar-refractivity contribution is 7.98. The second-order valence-corrected chi connectivity index (χ2v) is 4.54. The molecule has 0 fully saturated rings. The van der Waals surface area contributed by atoms with Crippen LogP contribution in [0.1, 0.15) is 18.2 Å². The smallest absolute Gasteiger partial charge is 0.334 e. The van der Waals surface area contributed by atoms with Crippen LogP contribution in [0.4, 0.5) is 0 Å². The summed E-state index contributed by atoms with van der Waals surface area (Å²) in [5.74, 6) is 10.3. The number of aromatic nitrogens is 2. The van der Waals surface area contributed by atoms with Crippen molar-refractivity contribution in [3.05, 3.63) is 29.6 Å². The van der Waals surface area contributed by atoms with Gasteiger partial charge in [0.1, 0.15) is 0 Å². The average molecular weight is 286 g/mol. The van der Waals surface area contributed by atoms with Gasteiger partial charge in [-0.15, -0.1) is 0 Å². The van der Waals surface area contributed by atoms with Gasteiger partial charge in [-0.3, -0.25) is 0 Å². The van der Waals surface area contributed by atoms with Crippen LogP contribution >= 0.6 is 11.8 Å². The molecule has 1 aromatic heterocycles. The molecule has 0 saturated carbocycles. The maximum absolute atomic E-state index is 11.1. The van der Waals surface area contributed by atoms with Gasteiger partial charge in [-0.05, 0) is 43.8 Å². The van der Waals surface area contributed by atoms with Crippen LogP contribution in [0.25, 0.3) is 0 Å². The first-order chi connectivity index (χ1) is 9.54. The number of thioether (sulfide) groups is 1. The number of aryl methyl sites for hydroxylation is 1. The van der Waals surface area contributed by atoms with Crippen LogP contribution < -0.4 is 0 Å². The number of hydrogen-bond acceptors (Lipinski definition) is 5. The van der Waals surface area contributed by atoms with Crippen molar-refractivity contribution in [2.45, 2.75) is 19.0 Å². The summed E-state index contributed by atoms with van der Waals surface area (Å²) in [6.07, 6.45) is 3.59. The zero-order valence-electron chi connectivity index (χ0n) is 11.6. The number of nitrogens with zero attached hydrogens (tertiary/aromatic N) is 2. The summed E-state index contributed by atoms with van der Waals surface area (Å²) in [6, 6.07) is 0. The van der Waals surface area contributed by atoms with Gasteiger partial charge in [0.15, 0.2) is 11.8 Å². The van der Waals surface area contributed by atoms with Crippen LogP contribution in [0.5, 0.6) is 0 Å². The first-order valence-corrected chi connectivity index (χ1v) is 6.96. The van der Waals surface area contributed by atoms with E-state index in [1.807, 2.05) is 13.2 Å². The predicted octanol–water partition coefficient (Wildman–Crippen LogP) is 1.98. The van der Waals surface area contributed by atoms with Crippen molar-refractivity contribution in [3.63, 3.8) is 0 Å². The standard InChI is InChI=1S/C15H14N2O2S/c1-11(2)14(18)19-9-7-5-6-8-13-10-16-15(20-4)17-12(13)3/h10H,1,9H2,2-4H3. The zero-order chi connectivity index (χ0) is 15.0. The van der Waals surface area contributed by atoms with Crippen LogP contribution in [0, 0.1) is 30.6 Å². The molecular formula is C15H14N2O2S. The molecule has 102 valence electrons. The fourth-order valence-electron chi connectivity index (χ4n) is 1.07. The summed E-state index contributed by atoms with van der Waals surface area (Å²) >= 11 is 1.48. The molecule has 0 aliphatic carbocycles. The Bertz CT molecular complexity index is 645. The van der Waals surface area contributed by atoms with Crippen LogP contribution in [-0.4, -0.2) is 28.8 Å². The quantitative estimate of drug-likeness (QED) is 0.280. The normalized spacial score (nSPS) is 8.75. The van der Waals surface area contributed by atoms with E-state index >= 15 is 0 Å². The maximum Gasteiger partial charge on any atom is 0.334 e. The van der Waals surface area contributed by atoms with E-state index < -0.39 is 5.97 Å². The van der Waals surface area contributed by atoms with E-state index in [-0.39, 0.29) is 6.61 Å². The molecule has 0 bridgehead atoms. The third kappa shape index (κ3) is 5.17. The van der Waals surface area contributed by atoms with Gasteiger partial charge in [0, 0.05) is 11.8 Å². The van der Waals surface area contributed by atoms with Gasteiger partial charge in [-0.2, -0.15) is 0 Å². The Hall–Kier alpha value is -2.24. The molecule has 0 aliphatic heterocycles. The first-order valence-electron chi connectivity index (χ1n) is 5.73. The molecule has 0 aliphatic rings. The van der Waals surface area contributed by atoms with Gasteiger partial charge < -0.3 is 4.74 Å². The molecule has 4 nitrogen and oxygen atoms in total. The molecule has 0 aromatic carbocycles. The van der Waals surface area contributed by atoms with Crippen molar-refractivity contribution < 1.29 is 9.53 Å². The van der Waals surface area contributed by atoms with Gasteiger partial charge in [0.05, 0.1) is 11.3 Å². The first kappa shape index (κ1) is 15.8. The highest BCUT2D eigenvalue weighted by Gasteiger charge is 2.00. The maximum atomic E-state index is 11.1. The molecule has 20 heavy (non-hydrogen) atoms. The minimum Gasteiger partial charge on any atom is -0.449 e. The fourth-order valence-corrected chi connectivity index (χ4v) is 1.46. The van der Waals surface area contributed by atoms with Crippen molar-refractivity contribution >= 4 is 17.7 Å². The number of hydrogen-bond donors (Lipinski definition) is 0. The summed E-state index contributed by atoms with van der Waals surface area (Å²) in [7, 11) is 0. The number of rotatable bonds is 3. The molecule has 0 amide bonds. The van der Waals surface area contributed by atoms with E-state index in [9.17, 15) is 4.79 Å². The van der Waals surface area contributed by atoms with Gasteiger partial charge >= 0.3 is 5.97 Å². The Morgan fingerprint density at radius 1 is 1.50 bits per heavy atom. The summed E-state index contributed by atoms with van der Waals surface area (Å²) < 4.78 is 4.80. The topological polar surface area (TPSA) is 52.1 Å². The lowest BCUT2D eigenvalue weighted by atomic mass is 10.2. The number of carbonyl (C=O) groups excluding carboxylic acids is 1. The van der Waals surface area contributed by atoms with Gasteiger partial charge in [0.2, 0.25) is 0 Å². The van der Waals surface area contributed by atoms with Gasteiger partial charge in [-0.25, -0.2) is 14.8 Å². The van der Waals surface area contributed by atoms with E-state index in [1.165, 1.54) is 11.8 Å². The predicted molar refractivity (Wildman–Crippen MR) is 79.0 cm³/mol. The van der Waals surface area contributed by atoms with E-state index in [0.29, 0.717) is 10.7 Å². The summed E-state index contributed by atoms with van der Waals surface area (Å²) in [6.45, 7) is 6.92. The summed E-state index contributed by atoms with van der Waals surface area (Å²) in [5, 5.41) is 0.714. The third-order valence-corrected chi connectivity index (χ3v) is 2.67. The van der Waals surface area contributed by atoms with Crippen molar-refractivity contribution in [2.24, 2.45) is 0 Å². The molecule has 0 atom stereocenters. The van der Waals surface area contributed by atoms with Crippen LogP contribution in [0.2, 0.25) is 0 Å². The SMILES string of the molecule is C=C(C)C(=O)OCC#CC#Cc1cnc(SC)nc1C. The number of carbonyl (C=O) groups is 1. The van der Waals surface area contributed by atoms with E-state index in [1.54, 1.807) is 13.1 Å². The lowest BCUT2D eigenvalue weighted by Crippen LogP contribution is -2.04. The molecule has 0 radical (unpaired) electrons. The Kier molecular flexibility index (Phi) is 6.36. The van der Waals surface area contributed by atoms with Crippen LogP contribution in [0.3, 0.4) is 0 Å². The van der Waals surface area contributed by atoms with Crippen molar-refractivity contribution in [1.29, 1.82) is 0 Å². The lowest BCUT2D eigenvalue weighted by molar-refractivity contribution is -0.137. The van der Waals surface area contributed by atoms with E-state index in [2.05, 4.69) is 40.2 Å². The Labute approximate surface area is 123 Å². The third-order valence-electron chi connectivity index (χ3n) is 2.11. The van der Waals surface area contributed by atoms with Gasteiger partial charge in [0.25, 0.3) is 0 Å². The Balaban J connectivity index is 2.59. The fraction of sp³-hybridized carbons (Fsp3) is 0.267. The molecule has 0 N–H and O–H groups in total. The number of esters is 1. The molecule has 1 rings (SSSR count). The molecular weight excluding hydrogens is 272 g/mol. The Morgan fingerprint density at radius 3 is 2.85 bits per heavy atom. The molecule has 0 spiro atoms. The molecule has 1 aromatic rings. The largest absolute Gasteiger partial charge is 0.449 e. The van der Waals surface area contributed by atoms with Crippen LogP contribution in [0.15, 0.2) is 23.5 Å². The zero-order valence-corrected chi connectivity index (χ0v) is 12.4. The highest BCUT2D eigenvalue weighted by atomic mass is 32.2. The molecule has 0 saturated heterocycles. The highest BCUT2D eigenvalue weighted by Crippen LogP contribution is 2.10. The summed E-state index contributed by atoms with van der Waals surface area (Å²) in [4.78, 5) is 19.5. The van der Waals surface area contributed by atoms with Crippen molar-refractivity contribution in [3.8, 4) is 23.7 Å². The average Bonchev–Trinajstić information content (AvgIpc) is 2.43. The number of ether oxygens (including phenoxy) is 1. The monoisotopic (exact) mass is 286 g/mol. The Morgan fingerprint density at radius 2 is 2.25 bits per heavy atom. The molecule has 0 unspecified atom stereocenters. The summed E-state index contributed by atoms with van der Waals surface area (Å²) in [5.41, 5.74) is 1.89. The van der Waals surface area contributed by atoms with Crippen LogP contribution in [-0.2, 0) is 9.53 Å². The second kappa shape index (κ2) is 8.04. The van der Waals surface area contributed by atoms with E-state index in [0.717, 1.165) is 11.3 Å². The lowest BCUT2D eigenvalue weighted by Gasteiger charge is -1.98. The molecule has 1 heterocycles. The minimum atomic E-state index is -0.454. The minimum absolute atomic E-state index is 0.00126. The molecule has 5 heteroatoms.